The molecular weight excluding hydrogens is 463 g/mol. The first-order valence-corrected chi connectivity index (χ1v) is 12.4. The molecule has 0 radical (unpaired) electrons. The molecule has 1 amide bonds. The Hall–Kier alpha value is -2.68. The minimum atomic E-state index is -0.719. The van der Waals surface area contributed by atoms with Crippen LogP contribution in [-0.2, 0) is 33.8 Å². The zero-order chi connectivity index (χ0) is 26.0. The molecule has 1 saturated heterocycles. The van der Waals surface area contributed by atoms with E-state index in [-0.39, 0.29) is 5.82 Å². The summed E-state index contributed by atoms with van der Waals surface area (Å²) in [5.41, 5.74) is 1.92. The maximum Gasteiger partial charge on any atom is 0.408 e. The second-order valence-electron chi connectivity index (χ2n) is 11.2. The Bertz CT molecular complexity index is 1070. The highest BCUT2D eigenvalue weighted by atomic mass is 19.1. The van der Waals surface area contributed by atoms with Gasteiger partial charge < -0.3 is 24.3 Å². The Labute approximate surface area is 212 Å². The van der Waals surface area contributed by atoms with Crippen molar-refractivity contribution in [2.24, 2.45) is 0 Å². The Morgan fingerprint density at radius 2 is 1.86 bits per heavy atom. The summed E-state index contributed by atoms with van der Waals surface area (Å²) in [6.45, 7) is 12.4. The number of hydrogen-bond donors (Lipinski definition) is 1. The zero-order valence-electron chi connectivity index (χ0n) is 21.9. The van der Waals surface area contributed by atoms with Crippen molar-refractivity contribution in [2.45, 2.75) is 71.1 Å². The van der Waals surface area contributed by atoms with E-state index in [4.69, 9.17) is 18.9 Å². The largest absolute Gasteiger partial charge is 0.489 e. The van der Waals surface area contributed by atoms with Crippen LogP contribution in [0.5, 0.6) is 5.75 Å². The van der Waals surface area contributed by atoms with Crippen molar-refractivity contribution < 1.29 is 28.1 Å². The molecule has 0 unspecified atom stereocenters. The summed E-state index contributed by atoms with van der Waals surface area (Å²) in [7, 11) is 0. The van der Waals surface area contributed by atoms with E-state index in [2.05, 4.69) is 22.3 Å². The first-order chi connectivity index (χ1) is 16.9. The molecule has 1 N–H and O–H groups in total. The van der Waals surface area contributed by atoms with Crippen LogP contribution in [0.2, 0.25) is 0 Å². The van der Waals surface area contributed by atoms with E-state index in [0.717, 1.165) is 30.8 Å². The van der Waals surface area contributed by atoms with Crippen molar-refractivity contribution in [1.82, 2.24) is 10.2 Å². The molecule has 2 heterocycles. The Morgan fingerprint density at radius 1 is 1.11 bits per heavy atom. The summed E-state index contributed by atoms with van der Waals surface area (Å²) in [5, 5.41) is 3.04. The van der Waals surface area contributed by atoms with Crippen molar-refractivity contribution in [3.8, 4) is 5.75 Å². The smallest absolute Gasteiger partial charge is 0.408 e. The average molecular weight is 501 g/mol. The number of alkyl carbamates (subject to hydrolysis) is 1. The summed E-state index contributed by atoms with van der Waals surface area (Å²) >= 11 is 0. The molecule has 36 heavy (non-hydrogen) atoms. The molecule has 0 spiro atoms. The van der Waals surface area contributed by atoms with Gasteiger partial charge in [-0.15, -0.1) is 0 Å². The molecular formula is C28H37FN2O5. The number of rotatable bonds is 6. The van der Waals surface area contributed by atoms with Crippen molar-refractivity contribution >= 4 is 6.09 Å². The molecule has 2 aliphatic rings. The minimum Gasteiger partial charge on any atom is -0.489 e. The molecule has 8 heteroatoms. The molecule has 0 saturated carbocycles. The van der Waals surface area contributed by atoms with Gasteiger partial charge in [0.05, 0.1) is 13.2 Å². The Kier molecular flexibility index (Phi) is 7.59. The van der Waals surface area contributed by atoms with E-state index in [1.807, 2.05) is 46.8 Å². The first-order valence-electron chi connectivity index (χ1n) is 12.4. The highest BCUT2D eigenvalue weighted by Crippen LogP contribution is 2.29. The number of fused-ring (bicyclic) bond motifs is 1. The van der Waals surface area contributed by atoms with Crippen LogP contribution < -0.4 is 10.1 Å². The summed E-state index contributed by atoms with van der Waals surface area (Å²) in [6.07, 6.45) is 0.370. The van der Waals surface area contributed by atoms with Crippen molar-refractivity contribution in [1.29, 1.82) is 0 Å². The lowest BCUT2D eigenvalue weighted by molar-refractivity contribution is -0.272. The number of nitrogens with one attached hydrogen (secondary N) is 1. The molecule has 0 bridgehead atoms. The van der Waals surface area contributed by atoms with Crippen LogP contribution in [0.4, 0.5) is 9.18 Å². The van der Waals surface area contributed by atoms with Gasteiger partial charge in [-0.05, 0) is 82.0 Å². The van der Waals surface area contributed by atoms with Gasteiger partial charge >= 0.3 is 6.09 Å². The third-order valence-electron chi connectivity index (χ3n) is 6.25. The Morgan fingerprint density at radius 3 is 2.56 bits per heavy atom. The maximum absolute atomic E-state index is 13.4. The minimum absolute atomic E-state index is 0.266. The first kappa shape index (κ1) is 26.4. The quantitative estimate of drug-likeness (QED) is 0.614. The lowest BCUT2D eigenvalue weighted by Crippen LogP contribution is -2.66. The van der Waals surface area contributed by atoms with Gasteiger partial charge in [-0.1, -0.05) is 18.2 Å². The number of halogens is 1. The predicted molar refractivity (Wildman–Crippen MR) is 134 cm³/mol. The topological polar surface area (TPSA) is 69.3 Å². The van der Waals surface area contributed by atoms with E-state index in [1.54, 1.807) is 6.07 Å². The number of carbonyl (C=O) groups is 1. The number of benzene rings is 2. The number of nitrogens with zero attached hydrogens (tertiary/aromatic N) is 1. The molecule has 0 atom stereocenters. The van der Waals surface area contributed by atoms with Crippen LogP contribution in [0, 0.1) is 5.82 Å². The average Bonchev–Trinajstić information content (AvgIpc) is 2.78. The zero-order valence-corrected chi connectivity index (χ0v) is 21.9. The molecule has 4 rings (SSSR count). The van der Waals surface area contributed by atoms with Crippen LogP contribution in [0.1, 0.15) is 51.3 Å². The van der Waals surface area contributed by atoms with Gasteiger partial charge in [-0.25, -0.2) is 9.18 Å². The lowest BCUT2D eigenvalue weighted by Gasteiger charge is -2.46. The molecule has 0 aromatic heterocycles. The number of hydrogen-bond acceptors (Lipinski definition) is 6. The van der Waals surface area contributed by atoms with Gasteiger partial charge in [0, 0.05) is 19.6 Å². The van der Waals surface area contributed by atoms with Gasteiger partial charge in [0.1, 0.15) is 29.3 Å². The molecule has 1 fully saturated rings. The third kappa shape index (κ3) is 7.18. The van der Waals surface area contributed by atoms with E-state index in [1.165, 1.54) is 23.3 Å². The van der Waals surface area contributed by atoms with E-state index in [9.17, 15) is 9.18 Å². The standard InChI is InChI=1S/C28H37FN2O5/c1-26(2,3)36-25(32)30-28(18-34-27(4,5)35-19-28)17-31-12-11-21-14-24(10-9-22(21)15-31)33-16-20-7-6-8-23(29)13-20/h6-10,13-14H,11-12,15-19H2,1-5H3,(H,30,32). The predicted octanol–water partition coefficient (Wildman–Crippen LogP) is 4.81. The van der Waals surface area contributed by atoms with Gasteiger partial charge in [0.2, 0.25) is 0 Å². The fourth-order valence-electron chi connectivity index (χ4n) is 4.46. The third-order valence-corrected chi connectivity index (χ3v) is 6.25. The molecule has 2 aliphatic heterocycles. The summed E-state index contributed by atoms with van der Waals surface area (Å²) in [5.74, 6) is -0.195. The van der Waals surface area contributed by atoms with Crippen molar-refractivity contribution in [2.75, 3.05) is 26.3 Å². The molecule has 196 valence electrons. The second-order valence-corrected chi connectivity index (χ2v) is 11.2. The summed E-state index contributed by atoms with van der Waals surface area (Å²) < 4.78 is 36.8. The van der Waals surface area contributed by atoms with E-state index in [0.29, 0.717) is 26.4 Å². The van der Waals surface area contributed by atoms with Crippen LogP contribution in [0.25, 0.3) is 0 Å². The van der Waals surface area contributed by atoms with Gasteiger partial charge in [0.25, 0.3) is 0 Å². The monoisotopic (exact) mass is 500 g/mol. The Balaban J connectivity index is 1.40. The number of amides is 1. The maximum atomic E-state index is 13.4. The van der Waals surface area contributed by atoms with Crippen molar-refractivity contribution in [3.05, 3.63) is 65.0 Å². The van der Waals surface area contributed by atoms with E-state index < -0.39 is 23.0 Å². The van der Waals surface area contributed by atoms with Crippen molar-refractivity contribution in [3.63, 3.8) is 0 Å². The van der Waals surface area contributed by atoms with Gasteiger partial charge in [0.15, 0.2) is 5.79 Å². The normalized spacial score (nSPS) is 19.3. The lowest BCUT2D eigenvalue weighted by atomic mass is 9.95. The SMILES string of the molecule is CC(C)(C)OC(=O)NC1(CN2CCc3cc(OCc4cccc(F)c4)ccc3C2)COC(C)(C)OC1. The second kappa shape index (κ2) is 10.4. The highest BCUT2D eigenvalue weighted by Gasteiger charge is 2.43. The van der Waals surface area contributed by atoms with Crippen LogP contribution in [-0.4, -0.2) is 54.2 Å². The molecule has 2 aromatic rings. The van der Waals surface area contributed by atoms with Gasteiger partial charge in [-0.2, -0.15) is 0 Å². The van der Waals surface area contributed by atoms with E-state index >= 15 is 0 Å². The molecule has 0 aliphatic carbocycles. The fourth-order valence-corrected chi connectivity index (χ4v) is 4.46. The van der Waals surface area contributed by atoms with Crippen LogP contribution in [0.15, 0.2) is 42.5 Å². The summed E-state index contributed by atoms with van der Waals surface area (Å²) in [6, 6.07) is 12.5. The van der Waals surface area contributed by atoms with Crippen LogP contribution in [0.3, 0.4) is 0 Å². The van der Waals surface area contributed by atoms with Crippen LogP contribution >= 0.6 is 0 Å². The number of carbonyl (C=O) groups excluding carboxylic acids is 1. The molecule has 7 nitrogen and oxygen atoms in total. The molecule has 2 aromatic carbocycles. The fraction of sp³-hybridized carbons (Fsp3) is 0.536. The highest BCUT2D eigenvalue weighted by molar-refractivity contribution is 5.69. The number of ether oxygens (including phenoxy) is 4. The summed E-state index contributed by atoms with van der Waals surface area (Å²) in [4.78, 5) is 15.0. The van der Waals surface area contributed by atoms with Gasteiger partial charge in [-0.3, -0.25) is 4.90 Å².